The zero-order valence-corrected chi connectivity index (χ0v) is 14.6. The van der Waals surface area contributed by atoms with Crippen molar-refractivity contribution in [2.24, 2.45) is 0 Å². The van der Waals surface area contributed by atoms with Crippen LogP contribution in [0.1, 0.15) is 12.6 Å². The van der Waals surface area contributed by atoms with Crippen LogP contribution in [0.2, 0.25) is 0 Å². The third-order valence-corrected chi connectivity index (χ3v) is 4.18. The molecule has 9 heteroatoms. The fourth-order valence-electron chi connectivity index (χ4n) is 2.52. The number of aromatic nitrogens is 2. The van der Waals surface area contributed by atoms with Crippen molar-refractivity contribution in [2.75, 3.05) is 64.1 Å². The third-order valence-electron chi connectivity index (χ3n) is 4.18. The Hall–Kier alpha value is -1.61. The number of anilines is 2. The van der Waals surface area contributed by atoms with E-state index in [1.54, 1.807) is 14.1 Å². The van der Waals surface area contributed by atoms with E-state index in [4.69, 9.17) is 0 Å². The second kappa shape index (κ2) is 7.52. The molecule has 0 spiro atoms. The highest BCUT2D eigenvalue weighted by atomic mass is 19.4. The summed E-state index contributed by atoms with van der Waals surface area (Å²) in [6, 6.07) is 1.15. The summed E-state index contributed by atoms with van der Waals surface area (Å²) in [7, 11) is 5.39. The molecule has 1 N–H and O–H groups in total. The second-order valence-corrected chi connectivity index (χ2v) is 6.40. The van der Waals surface area contributed by atoms with Crippen molar-refractivity contribution in [3.63, 3.8) is 0 Å². The van der Waals surface area contributed by atoms with E-state index in [0.717, 1.165) is 32.2 Å². The maximum Gasteiger partial charge on any atom is 0.433 e. The van der Waals surface area contributed by atoms with Crippen LogP contribution in [0.15, 0.2) is 6.07 Å². The Morgan fingerprint density at radius 2 is 1.83 bits per heavy atom. The maximum atomic E-state index is 13.0. The second-order valence-electron chi connectivity index (χ2n) is 6.40. The molecule has 0 aliphatic carbocycles. The van der Waals surface area contributed by atoms with Crippen LogP contribution in [0.25, 0.3) is 0 Å². The molecule has 1 aliphatic rings. The van der Waals surface area contributed by atoms with Gasteiger partial charge in [0, 0.05) is 58.9 Å². The normalized spacial score (nSPS) is 18.5. The lowest BCUT2D eigenvalue weighted by molar-refractivity contribution is -0.141. The molecule has 0 saturated carbocycles. The first-order valence-electron chi connectivity index (χ1n) is 7.97. The van der Waals surface area contributed by atoms with Crippen molar-refractivity contribution in [3.05, 3.63) is 11.8 Å². The Morgan fingerprint density at radius 1 is 1.21 bits per heavy atom. The molecule has 1 aromatic rings. The summed E-state index contributed by atoms with van der Waals surface area (Å²) in [5.41, 5.74) is -0.934. The van der Waals surface area contributed by atoms with Crippen LogP contribution in [0.4, 0.5) is 24.9 Å². The highest BCUT2D eigenvalue weighted by Gasteiger charge is 2.34. The fraction of sp³-hybridized carbons (Fsp3) is 0.733. The van der Waals surface area contributed by atoms with Crippen LogP contribution >= 0.6 is 0 Å². The van der Waals surface area contributed by atoms with Crippen LogP contribution in [0.5, 0.6) is 0 Å². The average Bonchev–Trinajstić information content (AvgIpc) is 2.52. The molecule has 6 nitrogen and oxygen atoms in total. The molecule has 1 aromatic heterocycles. The quantitative estimate of drug-likeness (QED) is 0.874. The van der Waals surface area contributed by atoms with Crippen molar-refractivity contribution >= 4 is 11.8 Å². The highest BCUT2D eigenvalue weighted by Crippen LogP contribution is 2.30. The van der Waals surface area contributed by atoms with Gasteiger partial charge in [-0.15, -0.1) is 0 Å². The Bertz CT molecular complexity index is 541. The standard InChI is InChI=1S/C15H25F3N6/c1-11(24-7-5-23(4)6-8-24)10-19-14-20-12(15(16,17)18)9-13(21-14)22(2)3/h9,11H,5-8,10H2,1-4H3,(H,19,20,21). The number of hydrogen-bond donors (Lipinski definition) is 1. The van der Waals surface area contributed by atoms with E-state index >= 15 is 0 Å². The zero-order valence-electron chi connectivity index (χ0n) is 14.6. The number of nitrogens with zero attached hydrogens (tertiary/aromatic N) is 5. The summed E-state index contributed by atoms with van der Waals surface area (Å²) < 4.78 is 39.0. The molecule has 1 atom stereocenters. The summed E-state index contributed by atoms with van der Waals surface area (Å²) in [5.74, 6) is 0.238. The molecule has 2 rings (SSSR count). The Kier molecular flexibility index (Phi) is 5.87. The van der Waals surface area contributed by atoms with E-state index in [1.165, 1.54) is 4.90 Å². The van der Waals surface area contributed by atoms with Crippen LogP contribution in [0, 0.1) is 0 Å². The van der Waals surface area contributed by atoms with Crippen LogP contribution < -0.4 is 10.2 Å². The lowest BCUT2D eigenvalue weighted by Gasteiger charge is -2.36. The van der Waals surface area contributed by atoms with Crippen molar-refractivity contribution in [1.82, 2.24) is 19.8 Å². The number of nitrogens with one attached hydrogen (secondary N) is 1. The molecule has 0 radical (unpaired) electrons. The zero-order chi connectivity index (χ0) is 17.9. The van der Waals surface area contributed by atoms with Gasteiger partial charge < -0.3 is 15.1 Å². The minimum atomic E-state index is -4.49. The molecule has 1 saturated heterocycles. The molecular formula is C15H25F3N6. The smallest absolute Gasteiger partial charge is 0.363 e. The lowest BCUT2D eigenvalue weighted by Crippen LogP contribution is -2.50. The molecule has 136 valence electrons. The summed E-state index contributed by atoms with van der Waals surface area (Å²) in [4.78, 5) is 13.9. The van der Waals surface area contributed by atoms with Gasteiger partial charge >= 0.3 is 6.18 Å². The summed E-state index contributed by atoms with van der Waals surface area (Å²) in [5, 5.41) is 2.96. The van der Waals surface area contributed by atoms with Gasteiger partial charge in [0.15, 0.2) is 5.69 Å². The average molecular weight is 346 g/mol. The molecule has 1 unspecified atom stereocenters. The van der Waals surface area contributed by atoms with Crippen molar-refractivity contribution in [2.45, 2.75) is 19.1 Å². The molecule has 1 fully saturated rings. The van der Waals surface area contributed by atoms with Crippen LogP contribution in [0.3, 0.4) is 0 Å². The van der Waals surface area contributed by atoms with Gasteiger partial charge in [0.05, 0.1) is 0 Å². The predicted octanol–water partition coefficient (Wildman–Crippen LogP) is 1.61. The highest BCUT2D eigenvalue weighted by molar-refractivity contribution is 5.44. The predicted molar refractivity (Wildman–Crippen MR) is 88.4 cm³/mol. The van der Waals surface area contributed by atoms with Crippen LogP contribution in [-0.2, 0) is 6.18 Å². The monoisotopic (exact) mass is 346 g/mol. The van der Waals surface area contributed by atoms with Gasteiger partial charge in [-0.3, -0.25) is 4.90 Å². The van der Waals surface area contributed by atoms with Gasteiger partial charge in [-0.05, 0) is 14.0 Å². The van der Waals surface area contributed by atoms with Crippen molar-refractivity contribution in [1.29, 1.82) is 0 Å². The van der Waals surface area contributed by atoms with E-state index in [0.29, 0.717) is 6.54 Å². The molecule has 0 aromatic carbocycles. The summed E-state index contributed by atoms with van der Waals surface area (Å²) >= 11 is 0. The largest absolute Gasteiger partial charge is 0.433 e. The first-order chi connectivity index (χ1) is 11.2. The Morgan fingerprint density at radius 3 is 2.38 bits per heavy atom. The van der Waals surface area contributed by atoms with Crippen molar-refractivity contribution in [3.8, 4) is 0 Å². The number of halogens is 3. The third kappa shape index (κ3) is 4.94. The van der Waals surface area contributed by atoms with E-state index in [-0.39, 0.29) is 17.8 Å². The maximum absolute atomic E-state index is 13.0. The molecule has 0 bridgehead atoms. The fourth-order valence-corrected chi connectivity index (χ4v) is 2.52. The van der Waals surface area contributed by atoms with Crippen LogP contribution in [-0.4, -0.2) is 79.7 Å². The number of hydrogen-bond acceptors (Lipinski definition) is 6. The topological polar surface area (TPSA) is 47.5 Å². The van der Waals surface area contributed by atoms with Gasteiger partial charge in [-0.2, -0.15) is 18.2 Å². The first-order valence-corrected chi connectivity index (χ1v) is 7.97. The van der Waals surface area contributed by atoms with Gasteiger partial charge in [0.2, 0.25) is 5.95 Å². The van der Waals surface area contributed by atoms with Gasteiger partial charge in [0.1, 0.15) is 5.82 Å². The molecular weight excluding hydrogens is 321 g/mol. The molecule has 1 aliphatic heterocycles. The lowest BCUT2D eigenvalue weighted by atomic mass is 10.2. The Labute approximate surface area is 140 Å². The minimum Gasteiger partial charge on any atom is -0.363 e. The minimum absolute atomic E-state index is 0.00880. The number of alkyl halides is 3. The summed E-state index contributed by atoms with van der Waals surface area (Å²) in [6.07, 6.45) is -4.49. The van der Waals surface area contributed by atoms with E-state index in [9.17, 15) is 13.2 Å². The van der Waals surface area contributed by atoms with Gasteiger partial charge in [-0.1, -0.05) is 0 Å². The number of rotatable bonds is 5. The Balaban J connectivity index is 2.04. The van der Waals surface area contributed by atoms with Gasteiger partial charge in [-0.25, -0.2) is 4.98 Å². The van der Waals surface area contributed by atoms with E-state index < -0.39 is 11.9 Å². The van der Waals surface area contributed by atoms with E-state index in [2.05, 4.69) is 39.1 Å². The molecule has 0 amide bonds. The summed E-state index contributed by atoms with van der Waals surface area (Å²) in [6.45, 7) is 6.44. The molecule has 2 heterocycles. The van der Waals surface area contributed by atoms with Crippen molar-refractivity contribution < 1.29 is 13.2 Å². The number of likely N-dealkylation sites (N-methyl/N-ethyl adjacent to an activating group) is 1. The first kappa shape index (κ1) is 18.7. The SMILES string of the molecule is CC(CNc1nc(N(C)C)cc(C(F)(F)F)n1)N1CCN(C)CC1. The van der Waals surface area contributed by atoms with Gasteiger partial charge in [0.25, 0.3) is 0 Å². The molecule has 24 heavy (non-hydrogen) atoms. The number of piperazine rings is 1. The van der Waals surface area contributed by atoms with E-state index in [1.807, 2.05) is 0 Å².